The van der Waals surface area contributed by atoms with Crippen molar-refractivity contribution in [3.05, 3.63) is 30.3 Å². The summed E-state index contributed by atoms with van der Waals surface area (Å²) in [5.41, 5.74) is 0.850. The van der Waals surface area contributed by atoms with Crippen LogP contribution in [0.15, 0.2) is 30.3 Å². The van der Waals surface area contributed by atoms with Gasteiger partial charge < -0.3 is 10.4 Å². The van der Waals surface area contributed by atoms with Gasteiger partial charge in [-0.25, -0.2) is 0 Å². The van der Waals surface area contributed by atoms with Crippen LogP contribution in [0.4, 0.5) is 5.69 Å². The Kier molecular flexibility index (Phi) is 6.02. The predicted molar refractivity (Wildman–Crippen MR) is 80.6 cm³/mol. The lowest BCUT2D eigenvalue weighted by Crippen LogP contribution is -2.41. The van der Waals surface area contributed by atoms with Gasteiger partial charge in [0, 0.05) is 31.3 Å². The van der Waals surface area contributed by atoms with Gasteiger partial charge in [0.25, 0.3) is 0 Å². The number of aliphatic hydroxyl groups excluding tert-OH is 1. The Bertz CT molecular complexity index is 406. The quantitative estimate of drug-likeness (QED) is 0.838. The SMILES string of the molecule is O=C(CCN1CCCCC1CCO)Nc1ccccc1. The van der Waals surface area contributed by atoms with E-state index in [-0.39, 0.29) is 12.5 Å². The topological polar surface area (TPSA) is 52.6 Å². The molecule has 0 aliphatic carbocycles. The van der Waals surface area contributed by atoms with Crippen LogP contribution in [0.2, 0.25) is 0 Å². The monoisotopic (exact) mass is 276 g/mol. The third-order valence-corrected chi connectivity index (χ3v) is 3.90. The van der Waals surface area contributed by atoms with Crippen LogP contribution in [0.5, 0.6) is 0 Å². The zero-order valence-electron chi connectivity index (χ0n) is 11.9. The lowest BCUT2D eigenvalue weighted by atomic mass is 9.99. The number of aliphatic hydroxyl groups is 1. The standard InChI is InChI=1S/C16H24N2O2/c19-13-10-15-8-4-5-11-18(15)12-9-16(20)17-14-6-2-1-3-7-14/h1-3,6-7,15,19H,4-5,8-13H2,(H,17,20). The zero-order valence-corrected chi connectivity index (χ0v) is 11.9. The molecule has 20 heavy (non-hydrogen) atoms. The minimum atomic E-state index is 0.0597. The first-order chi connectivity index (χ1) is 9.79. The average Bonchev–Trinajstić information content (AvgIpc) is 2.48. The summed E-state index contributed by atoms with van der Waals surface area (Å²) in [6.07, 6.45) is 4.90. The maximum atomic E-state index is 11.9. The fraction of sp³-hybridized carbons (Fsp3) is 0.562. The highest BCUT2D eigenvalue weighted by atomic mass is 16.3. The summed E-state index contributed by atoms with van der Waals surface area (Å²) in [6, 6.07) is 10.00. The Hall–Kier alpha value is -1.39. The van der Waals surface area contributed by atoms with E-state index >= 15 is 0 Å². The van der Waals surface area contributed by atoms with Crippen LogP contribution in [0.1, 0.15) is 32.1 Å². The van der Waals surface area contributed by atoms with Gasteiger partial charge in [-0.1, -0.05) is 24.6 Å². The molecule has 0 radical (unpaired) electrons. The Morgan fingerprint density at radius 1 is 1.30 bits per heavy atom. The van der Waals surface area contributed by atoms with E-state index in [1.165, 1.54) is 12.8 Å². The fourth-order valence-electron chi connectivity index (χ4n) is 2.82. The highest BCUT2D eigenvalue weighted by molar-refractivity contribution is 5.90. The molecule has 1 amide bonds. The highest BCUT2D eigenvalue weighted by Gasteiger charge is 2.22. The van der Waals surface area contributed by atoms with Gasteiger partial charge >= 0.3 is 0 Å². The van der Waals surface area contributed by atoms with E-state index in [4.69, 9.17) is 5.11 Å². The normalized spacial score (nSPS) is 19.8. The van der Waals surface area contributed by atoms with E-state index < -0.39 is 0 Å². The number of anilines is 1. The molecule has 1 unspecified atom stereocenters. The lowest BCUT2D eigenvalue weighted by Gasteiger charge is -2.35. The van der Waals surface area contributed by atoms with Crippen LogP contribution in [0.3, 0.4) is 0 Å². The minimum Gasteiger partial charge on any atom is -0.396 e. The summed E-state index contributed by atoms with van der Waals surface area (Å²) >= 11 is 0. The molecule has 0 saturated carbocycles. The molecule has 110 valence electrons. The first-order valence-corrected chi connectivity index (χ1v) is 7.49. The second-order valence-electron chi connectivity index (χ2n) is 5.36. The minimum absolute atomic E-state index is 0.0597. The molecule has 1 aromatic rings. The number of carbonyl (C=O) groups is 1. The molecule has 1 saturated heterocycles. The summed E-state index contributed by atoms with van der Waals surface area (Å²) in [5, 5.41) is 12.0. The number of piperidine rings is 1. The van der Waals surface area contributed by atoms with Gasteiger partial charge in [0.2, 0.25) is 5.91 Å². The van der Waals surface area contributed by atoms with Crippen molar-refractivity contribution < 1.29 is 9.90 Å². The maximum absolute atomic E-state index is 11.9. The van der Waals surface area contributed by atoms with Crippen LogP contribution in [-0.2, 0) is 4.79 Å². The number of rotatable bonds is 6. The van der Waals surface area contributed by atoms with Crippen molar-refractivity contribution >= 4 is 11.6 Å². The first-order valence-electron chi connectivity index (χ1n) is 7.49. The van der Waals surface area contributed by atoms with Crippen LogP contribution >= 0.6 is 0 Å². The van der Waals surface area contributed by atoms with Crippen molar-refractivity contribution in [2.75, 3.05) is 25.0 Å². The number of nitrogens with zero attached hydrogens (tertiary/aromatic N) is 1. The number of hydrogen-bond acceptors (Lipinski definition) is 3. The van der Waals surface area contributed by atoms with Gasteiger partial charge in [-0.15, -0.1) is 0 Å². The molecule has 1 heterocycles. The molecule has 1 aromatic carbocycles. The van der Waals surface area contributed by atoms with E-state index in [1.54, 1.807) is 0 Å². The molecule has 0 aromatic heterocycles. The van der Waals surface area contributed by atoms with Gasteiger partial charge in [-0.05, 0) is 37.9 Å². The van der Waals surface area contributed by atoms with E-state index in [1.807, 2.05) is 30.3 Å². The second kappa shape index (κ2) is 8.02. The molecular formula is C16H24N2O2. The number of carbonyl (C=O) groups excluding carboxylic acids is 1. The smallest absolute Gasteiger partial charge is 0.225 e. The van der Waals surface area contributed by atoms with Crippen molar-refractivity contribution in [3.8, 4) is 0 Å². The molecule has 1 aliphatic rings. The van der Waals surface area contributed by atoms with Gasteiger partial charge in [0.15, 0.2) is 0 Å². The summed E-state index contributed by atoms with van der Waals surface area (Å²) in [7, 11) is 0. The summed E-state index contributed by atoms with van der Waals surface area (Å²) in [4.78, 5) is 14.3. The van der Waals surface area contributed by atoms with Crippen LogP contribution in [0.25, 0.3) is 0 Å². The summed E-state index contributed by atoms with van der Waals surface area (Å²) in [5.74, 6) is 0.0597. The molecule has 1 atom stereocenters. The number of nitrogens with one attached hydrogen (secondary N) is 1. The number of likely N-dealkylation sites (tertiary alicyclic amines) is 1. The largest absolute Gasteiger partial charge is 0.396 e. The van der Waals surface area contributed by atoms with Crippen LogP contribution < -0.4 is 5.32 Å². The molecule has 2 rings (SSSR count). The Morgan fingerprint density at radius 3 is 2.85 bits per heavy atom. The Balaban J connectivity index is 1.77. The second-order valence-corrected chi connectivity index (χ2v) is 5.36. The molecule has 2 N–H and O–H groups in total. The zero-order chi connectivity index (χ0) is 14.2. The van der Waals surface area contributed by atoms with E-state index in [2.05, 4.69) is 10.2 Å². The van der Waals surface area contributed by atoms with Crippen LogP contribution in [0, 0.1) is 0 Å². The van der Waals surface area contributed by atoms with Crippen LogP contribution in [-0.4, -0.2) is 41.7 Å². The molecule has 1 aliphatic heterocycles. The van der Waals surface area contributed by atoms with Crippen molar-refractivity contribution in [2.45, 2.75) is 38.1 Å². The fourth-order valence-corrected chi connectivity index (χ4v) is 2.82. The van der Waals surface area contributed by atoms with Crippen molar-refractivity contribution in [2.24, 2.45) is 0 Å². The molecule has 4 heteroatoms. The summed E-state index contributed by atoms with van der Waals surface area (Å²) < 4.78 is 0. The number of benzene rings is 1. The number of para-hydroxylation sites is 1. The van der Waals surface area contributed by atoms with Gasteiger partial charge in [0.1, 0.15) is 0 Å². The van der Waals surface area contributed by atoms with Gasteiger partial charge in [-0.2, -0.15) is 0 Å². The predicted octanol–water partition coefficient (Wildman–Crippen LogP) is 2.25. The Morgan fingerprint density at radius 2 is 2.10 bits per heavy atom. The van der Waals surface area contributed by atoms with Crippen molar-refractivity contribution in [1.82, 2.24) is 4.90 Å². The summed E-state index contributed by atoms with van der Waals surface area (Å²) in [6.45, 7) is 2.06. The molecule has 4 nitrogen and oxygen atoms in total. The third kappa shape index (κ3) is 4.62. The van der Waals surface area contributed by atoms with E-state index in [9.17, 15) is 4.79 Å². The van der Waals surface area contributed by atoms with E-state index in [0.717, 1.165) is 31.6 Å². The first kappa shape index (κ1) is 15.0. The van der Waals surface area contributed by atoms with E-state index in [0.29, 0.717) is 12.5 Å². The molecular weight excluding hydrogens is 252 g/mol. The van der Waals surface area contributed by atoms with Gasteiger partial charge in [-0.3, -0.25) is 9.69 Å². The lowest BCUT2D eigenvalue weighted by molar-refractivity contribution is -0.116. The molecule has 1 fully saturated rings. The number of amides is 1. The third-order valence-electron chi connectivity index (χ3n) is 3.90. The highest BCUT2D eigenvalue weighted by Crippen LogP contribution is 2.19. The number of hydrogen-bond donors (Lipinski definition) is 2. The van der Waals surface area contributed by atoms with Crippen molar-refractivity contribution in [3.63, 3.8) is 0 Å². The average molecular weight is 276 g/mol. The molecule has 0 bridgehead atoms. The van der Waals surface area contributed by atoms with Crippen molar-refractivity contribution in [1.29, 1.82) is 0 Å². The molecule has 0 spiro atoms. The maximum Gasteiger partial charge on any atom is 0.225 e. The Labute approximate surface area is 120 Å². The van der Waals surface area contributed by atoms with Gasteiger partial charge in [0.05, 0.1) is 0 Å².